The molecule has 81 heavy (non-hydrogen) atoms. The summed E-state index contributed by atoms with van der Waals surface area (Å²) in [6, 6.07) is 0. The molecule has 0 unspecified atom stereocenters. The summed E-state index contributed by atoms with van der Waals surface area (Å²) < 4.78 is 32.3. The number of aliphatic hydroxyl groups excluding tert-OH is 1. The number of esters is 3. The number of aliphatic hydroxyl groups is 1. The number of hydrogen-bond donors (Lipinski definition) is 1. The van der Waals surface area contributed by atoms with Gasteiger partial charge in [-0.3, -0.25) is 9.69 Å². The monoisotopic (exact) mass is 1130 g/mol. The van der Waals surface area contributed by atoms with E-state index in [4.69, 9.17) is 23.7 Å². The number of ether oxygens (including phenoxy) is 5. The second-order valence-corrected chi connectivity index (χ2v) is 27.7. The second kappa shape index (κ2) is 32.6. The van der Waals surface area contributed by atoms with Crippen LogP contribution < -0.4 is 18.9 Å². The maximum absolute atomic E-state index is 14.6. The van der Waals surface area contributed by atoms with Crippen LogP contribution in [-0.2, 0) is 32.0 Å². The highest BCUT2D eigenvalue weighted by Crippen LogP contribution is 2.47. The molecule has 2 aromatic carbocycles. The molecule has 11 heteroatoms. The first-order valence-electron chi connectivity index (χ1n) is 32.7. The van der Waals surface area contributed by atoms with E-state index in [0.717, 1.165) is 157 Å². The number of nitrogens with zero attached hydrogens (tertiary/aromatic N) is 2. The molecule has 3 aliphatic rings. The van der Waals surface area contributed by atoms with Gasteiger partial charge in [-0.15, -0.1) is 0 Å². The van der Waals surface area contributed by atoms with Crippen molar-refractivity contribution in [2.75, 3.05) is 45.9 Å². The van der Waals surface area contributed by atoms with E-state index in [1.807, 2.05) is 41.5 Å². The first-order valence-corrected chi connectivity index (χ1v) is 32.7. The van der Waals surface area contributed by atoms with Crippen LogP contribution in [0.1, 0.15) is 249 Å². The maximum atomic E-state index is 14.6. The van der Waals surface area contributed by atoms with Crippen molar-refractivity contribution >= 4 is 17.9 Å². The number of benzene rings is 2. The Bertz CT molecular complexity index is 2180. The van der Waals surface area contributed by atoms with Crippen LogP contribution in [0.5, 0.6) is 23.0 Å². The normalized spacial score (nSPS) is 20.1. The van der Waals surface area contributed by atoms with Crippen molar-refractivity contribution in [2.45, 2.75) is 276 Å². The van der Waals surface area contributed by atoms with Crippen molar-refractivity contribution in [1.82, 2.24) is 9.80 Å². The van der Waals surface area contributed by atoms with E-state index in [-0.39, 0.29) is 24.2 Å². The molecule has 0 amide bonds. The predicted octanol–water partition coefficient (Wildman–Crippen LogP) is 16.0. The van der Waals surface area contributed by atoms with Crippen molar-refractivity contribution in [3.05, 3.63) is 44.5 Å². The molecule has 11 nitrogen and oxygen atoms in total. The van der Waals surface area contributed by atoms with E-state index < -0.39 is 24.0 Å². The van der Waals surface area contributed by atoms with Crippen molar-refractivity contribution in [3.8, 4) is 23.0 Å². The van der Waals surface area contributed by atoms with Crippen molar-refractivity contribution < 1.29 is 43.2 Å². The first-order chi connectivity index (χ1) is 38.3. The van der Waals surface area contributed by atoms with Gasteiger partial charge in [-0.05, 0) is 176 Å². The molecule has 0 radical (unpaired) electrons. The minimum Gasteiger partial charge on any atom is -0.487 e. The molecule has 0 saturated carbocycles. The SMILES string of the molecule is Cc1c(C)c2c(c(C)c1OC(=O)C(OC(=O)CCN1CCN(CCO)CC1)C(=O)Oc1c(C)c(C)c3c(c1C)CC[C@@](C)(CCC[C@H](C)CCC[C@H](C)CCCC(C)C)O3)CC[C@@](C)(CCC[C@H](C)CCC[C@H](C)CCCC(C)C)O2. The molecule has 1 saturated heterocycles. The van der Waals surface area contributed by atoms with Gasteiger partial charge < -0.3 is 33.7 Å². The van der Waals surface area contributed by atoms with Crippen LogP contribution in [0.2, 0.25) is 0 Å². The van der Waals surface area contributed by atoms with Gasteiger partial charge in [0.15, 0.2) is 0 Å². The molecule has 3 heterocycles. The van der Waals surface area contributed by atoms with Crippen LogP contribution >= 0.6 is 0 Å². The number of fused-ring (bicyclic) bond motifs is 2. The summed E-state index contributed by atoms with van der Waals surface area (Å²) in [5.74, 6) is 4.26. The lowest BCUT2D eigenvalue weighted by molar-refractivity contribution is -0.172. The largest absolute Gasteiger partial charge is 0.487 e. The fraction of sp³-hybridized carbons (Fsp3) is 0.786. The van der Waals surface area contributed by atoms with Crippen LogP contribution in [0.15, 0.2) is 0 Å². The van der Waals surface area contributed by atoms with Crippen molar-refractivity contribution in [2.24, 2.45) is 35.5 Å². The number of rotatable bonds is 34. The van der Waals surface area contributed by atoms with E-state index in [9.17, 15) is 19.5 Å². The van der Waals surface area contributed by atoms with E-state index in [1.54, 1.807) is 0 Å². The summed E-state index contributed by atoms with van der Waals surface area (Å²) in [5, 5.41) is 9.43. The number of β-amino-alcohol motifs (C(OH)–C–C–N with tert-alkyl or cyclic N) is 1. The molecular formula is C70H116N2O9. The highest BCUT2D eigenvalue weighted by molar-refractivity contribution is 6.01. The molecule has 0 bridgehead atoms. The van der Waals surface area contributed by atoms with Gasteiger partial charge in [0, 0.05) is 50.4 Å². The average Bonchev–Trinajstić information content (AvgIpc) is 3.60. The van der Waals surface area contributed by atoms with Crippen LogP contribution in [0.4, 0.5) is 0 Å². The predicted molar refractivity (Wildman–Crippen MR) is 331 cm³/mol. The summed E-state index contributed by atoms with van der Waals surface area (Å²) in [7, 11) is 0. The van der Waals surface area contributed by atoms with E-state index >= 15 is 0 Å². The molecule has 6 atom stereocenters. The average molecular weight is 1130 g/mol. The Labute approximate surface area is 493 Å². The van der Waals surface area contributed by atoms with Crippen LogP contribution in [0.3, 0.4) is 0 Å². The Hall–Kier alpha value is -3.67. The molecule has 3 aliphatic heterocycles. The molecule has 2 aromatic rings. The second-order valence-electron chi connectivity index (χ2n) is 27.7. The van der Waals surface area contributed by atoms with E-state index in [0.29, 0.717) is 36.4 Å². The molecule has 1 N–H and O–H groups in total. The third kappa shape index (κ3) is 20.8. The Morgan fingerprint density at radius 1 is 0.494 bits per heavy atom. The van der Waals surface area contributed by atoms with Gasteiger partial charge >= 0.3 is 17.9 Å². The summed E-state index contributed by atoms with van der Waals surface area (Å²) in [4.78, 5) is 47.4. The van der Waals surface area contributed by atoms with Gasteiger partial charge in [0.05, 0.1) is 13.0 Å². The lowest BCUT2D eigenvalue weighted by Crippen LogP contribution is -2.47. The van der Waals surface area contributed by atoms with Gasteiger partial charge in [-0.1, -0.05) is 145 Å². The fourth-order valence-electron chi connectivity index (χ4n) is 13.1. The van der Waals surface area contributed by atoms with Crippen molar-refractivity contribution in [1.29, 1.82) is 0 Å². The van der Waals surface area contributed by atoms with Crippen LogP contribution in [0, 0.1) is 77.0 Å². The quantitative estimate of drug-likeness (QED) is 0.0409. The summed E-state index contributed by atoms with van der Waals surface area (Å²) in [6.07, 6.45) is 23.5. The lowest BCUT2D eigenvalue weighted by atomic mass is 9.83. The van der Waals surface area contributed by atoms with Gasteiger partial charge in [0.1, 0.15) is 34.2 Å². The topological polar surface area (TPSA) is 124 Å². The first kappa shape index (κ1) is 68.1. The number of hydrogen-bond acceptors (Lipinski definition) is 11. The smallest absolute Gasteiger partial charge is 0.364 e. The van der Waals surface area contributed by atoms with E-state index in [1.165, 1.54) is 89.9 Å². The Balaban J connectivity index is 1.25. The maximum Gasteiger partial charge on any atom is 0.364 e. The molecule has 460 valence electrons. The number of carbonyl (C=O) groups is 3. The Morgan fingerprint density at radius 3 is 1.20 bits per heavy atom. The summed E-state index contributed by atoms with van der Waals surface area (Å²) >= 11 is 0. The van der Waals surface area contributed by atoms with E-state index in [2.05, 4.69) is 79.0 Å². The Kier molecular flexibility index (Phi) is 27.4. The zero-order valence-electron chi connectivity index (χ0n) is 54.4. The van der Waals surface area contributed by atoms with Gasteiger partial charge in [0.2, 0.25) is 0 Å². The standard InChI is InChI=1S/C70H116N2O9/c1-47(2)23-17-25-49(5)27-19-29-51(7)31-21-36-69(15)38-33-59-57(13)62(53(9)55(11)64(59)80-69)78-67(75)66(77-61(74)35-40-71-41-43-72(44-42-71)45-46-73)68(76)79-63-54(10)56(12)65-60(58(63)14)34-39-70(16,81-65)37-22-32-52(8)30-20-28-50(6)26-18-24-48(3)4/h47-52,66,73H,17-46H2,1-16H3/t49-,50-,51-,52-,69-,70-/m1/s1. The third-order valence-electron chi connectivity index (χ3n) is 19.3. The Morgan fingerprint density at radius 2 is 0.840 bits per heavy atom. The van der Waals surface area contributed by atoms with Gasteiger partial charge in [-0.25, -0.2) is 9.59 Å². The number of piperazine rings is 1. The van der Waals surface area contributed by atoms with Gasteiger partial charge in [0.25, 0.3) is 6.10 Å². The lowest BCUT2D eigenvalue weighted by Gasteiger charge is -2.38. The molecule has 0 spiro atoms. The summed E-state index contributed by atoms with van der Waals surface area (Å²) in [5.41, 5.74) is 6.19. The number of carbonyl (C=O) groups excluding carboxylic acids is 3. The molecular weight excluding hydrogens is 1010 g/mol. The minimum absolute atomic E-state index is 0.0248. The fourth-order valence-corrected chi connectivity index (χ4v) is 13.1. The molecule has 0 aromatic heterocycles. The van der Waals surface area contributed by atoms with Crippen molar-refractivity contribution in [3.63, 3.8) is 0 Å². The molecule has 1 fully saturated rings. The molecule has 0 aliphatic carbocycles. The zero-order valence-corrected chi connectivity index (χ0v) is 54.4. The van der Waals surface area contributed by atoms with Gasteiger partial charge in [-0.2, -0.15) is 0 Å². The summed E-state index contributed by atoms with van der Waals surface area (Å²) in [6.45, 7) is 39.3. The van der Waals surface area contributed by atoms with Crippen LogP contribution in [-0.4, -0.2) is 96.0 Å². The minimum atomic E-state index is -1.97. The third-order valence-corrected chi connectivity index (χ3v) is 19.3. The van der Waals surface area contributed by atoms with Crippen LogP contribution in [0.25, 0.3) is 0 Å². The highest BCUT2D eigenvalue weighted by Gasteiger charge is 2.40. The molecule has 5 rings (SSSR count). The zero-order chi connectivity index (χ0) is 59.6. The highest BCUT2D eigenvalue weighted by atomic mass is 16.6.